The lowest BCUT2D eigenvalue weighted by atomic mass is 10.1. The van der Waals surface area contributed by atoms with Crippen molar-refractivity contribution in [3.8, 4) is 5.88 Å². The predicted octanol–water partition coefficient (Wildman–Crippen LogP) is 2.19. The van der Waals surface area contributed by atoms with Crippen molar-refractivity contribution in [1.29, 1.82) is 0 Å². The van der Waals surface area contributed by atoms with E-state index in [1.807, 2.05) is 0 Å². The van der Waals surface area contributed by atoms with Crippen molar-refractivity contribution in [2.24, 2.45) is 5.73 Å². The Labute approximate surface area is 97.6 Å². The molecule has 0 spiro atoms. The summed E-state index contributed by atoms with van der Waals surface area (Å²) in [4.78, 5) is 13.7. The number of ether oxygens (including phenoxy) is 1. The van der Waals surface area contributed by atoms with Gasteiger partial charge >= 0.3 is 6.36 Å². The van der Waals surface area contributed by atoms with Gasteiger partial charge in [-0.1, -0.05) is 0 Å². The number of aldehydes is 1. The summed E-state index contributed by atoms with van der Waals surface area (Å²) in [7, 11) is 0. The summed E-state index contributed by atoms with van der Waals surface area (Å²) in [6, 6.07) is 0. The summed E-state index contributed by atoms with van der Waals surface area (Å²) in [5.74, 6) is -1.10. The average molecular weight is 270 g/mol. The van der Waals surface area contributed by atoms with Gasteiger partial charge in [-0.3, -0.25) is 4.79 Å². The molecule has 0 amide bonds. The number of hydrogen-bond donors (Lipinski definition) is 1. The van der Waals surface area contributed by atoms with Gasteiger partial charge in [0.15, 0.2) is 6.29 Å². The minimum atomic E-state index is -5.08. The fourth-order valence-electron chi connectivity index (χ4n) is 1.29. The zero-order valence-corrected chi connectivity index (χ0v) is 8.67. The number of carbonyl (C=O) groups is 1. The highest BCUT2D eigenvalue weighted by molar-refractivity contribution is 5.81. The van der Waals surface area contributed by atoms with E-state index in [0.29, 0.717) is 6.20 Å². The maximum absolute atomic E-state index is 12.5. The number of pyridine rings is 1. The van der Waals surface area contributed by atoms with Gasteiger partial charge in [0.25, 0.3) is 6.43 Å². The smallest absolute Gasteiger partial charge is 0.387 e. The van der Waals surface area contributed by atoms with Crippen LogP contribution in [0.2, 0.25) is 0 Å². The molecular weight excluding hydrogens is 263 g/mol. The van der Waals surface area contributed by atoms with E-state index in [1.54, 1.807) is 0 Å². The molecule has 9 heteroatoms. The average Bonchev–Trinajstić information content (AvgIpc) is 2.25. The second-order valence-corrected chi connectivity index (χ2v) is 3.08. The van der Waals surface area contributed by atoms with Crippen molar-refractivity contribution in [2.75, 3.05) is 0 Å². The number of aromatic nitrogens is 1. The summed E-state index contributed by atoms with van der Waals surface area (Å²) in [6.07, 6.45) is -7.64. The summed E-state index contributed by atoms with van der Waals surface area (Å²) in [6.45, 7) is -0.537. The van der Waals surface area contributed by atoms with Gasteiger partial charge < -0.3 is 10.5 Å². The van der Waals surface area contributed by atoms with Crippen LogP contribution in [0.25, 0.3) is 0 Å². The van der Waals surface area contributed by atoms with Gasteiger partial charge in [-0.05, 0) is 5.56 Å². The van der Waals surface area contributed by atoms with Crippen LogP contribution in [0, 0.1) is 0 Å². The monoisotopic (exact) mass is 270 g/mol. The van der Waals surface area contributed by atoms with E-state index in [2.05, 4.69) is 9.72 Å². The molecule has 2 N–H and O–H groups in total. The van der Waals surface area contributed by atoms with Crippen LogP contribution in [0.15, 0.2) is 6.20 Å². The molecule has 0 bridgehead atoms. The molecule has 0 unspecified atom stereocenters. The Hall–Kier alpha value is -1.77. The molecule has 0 aliphatic carbocycles. The van der Waals surface area contributed by atoms with Crippen molar-refractivity contribution in [1.82, 2.24) is 4.98 Å². The second-order valence-electron chi connectivity index (χ2n) is 3.08. The highest BCUT2D eigenvalue weighted by Gasteiger charge is 2.34. The minimum absolute atomic E-state index is 0.0534. The molecule has 0 aliphatic heterocycles. The molecule has 0 aromatic carbocycles. The molecule has 1 aromatic heterocycles. The SMILES string of the molecule is NCc1c(C(F)F)cnc(OC(F)(F)F)c1C=O. The van der Waals surface area contributed by atoms with E-state index < -0.39 is 41.9 Å². The van der Waals surface area contributed by atoms with E-state index in [0.717, 1.165) is 0 Å². The number of halogens is 5. The number of carbonyl (C=O) groups excluding carboxylic acids is 1. The highest BCUT2D eigenvalue weighted by Crippen LogP contribution is 2.30. The van der Waals surface area contributed by atoms with Crippen LogP contribution in [0.4, 0.5) is 22.0 Å². The lowest BCUT2D eigenvalue weighted by Gasteiger charge is -2.14. The van der Waals surface area contributed by atoms with Crippen LogP contribution in [-0.2, 0) is 6.54 Å². The van der Waals surface area contributed by atoms with Crippen molar-refractivity contribution in [3.05, 3.63) is 22.9 Å². The second kappa shape index (κ2) is 5.25. The van der Waals surface area contributed by atoms with Gasteiger partial charge in [0.1, 0.15) is 0 Å². The Morgan fingerprint density at radius 1 is 1.44 bits per heavy atom. The fourth-order valence-corrected chi connectivity index (χ4v) is 1.29. The third kappa shape index (κ3) is 3.13. The third-order valence-electron chi connectivity index (χ3n) is 1.99. The number of rotatable bonds is 4. The number of alkyl halides is 5. The molecule has 0 atom stereocenters. The zero-order chi connectivity index (χ0) is 13.9. The van der Waals surface area contributed by atoms with Gasteiger partial charge in [-0.15, -0.1) is 13.2 Å². The lowest BCUT2D eigenvalue weighted by Crippen LogP contribution is -2.20. The minimum Gasteiger partial charge on any atom is -0.387 e. The maximum Gasteiger partial charge on any atom is 0.574 e. The molecule has 1 heterocycles. The standard InChI is InChI=1S/C9H7F5N2O2/c10-7(11)5-2-16-8(18-9(12,13)14)6(3-17)4(5)1-15/h2-3,7H,1,15H2. The molecule has 0 fully saturated rings. The van der Waals surface area contributed by atoms with E-state index in [1.165, 1.54) is 0 Å². The fraction of sp³-hybridized carbons (Fsp3) is 0.333. The van der Waals surface area contributed by atoms with Crippen LogP contribution in [0.1, 0.15) is 27.9 Å². The van der Waals surface area contributed by atoms with Gasteiger partial charge in [-0.2, -0.15) is 0 Å². The normalized spacial score (nSPS) is 11.7. The summed E-state index contributed by atoms with van der Waals surface area (Å²) in [5, 5.41) is 0. The van der Waals surface area contributed by atoms with Crippen molar-refractivity contribution < 1.29 is 31.5 Å². The van der Waals surface area contributed by atoms with Gasteiger partial charge in [0.2, 0.25) is 5.88 Å². The molecule has 1 rings (SSSR count). The van der Waals surface area contributed by atoms with E-state index >= 15 is 0 Å². The first-order valence-corrected chi connectivity index (χ1v) is 4.51. The van der Waals surface area contributed by atoms with Crippen LogP contribution in [-0.4, -0.2) is 17.6 Å². The molecule has 18 heavy (non-hydrogen) atoms. The Morgan fingerprint density at radius 3 is 2.44 bits per heavy atom. The summed E-state index contributed by atoms with van der Waals surface area (Å²) < 4.78 is 64.5. The summed E-state index contributed by atoms with van der Waals surface area (Å²) >= 11 is 0. The lowest BCUT2D eigenvalue weighted by molar-refractivity contribution is -0.276. The van der Waals surface area contributed by atoms with Crippen molar-refractivity contribution in [2.45, 2.75) is 19.3 Å². The zero-order valence-electron chi connectivity index (χ0n) is 8.67. The summed E-state index contributed by atoms with van der Waals surface area (Å²) in [5.41, 5.74) is 3.29. The van der Waals surface area contributed by atoms with Gasteiger partial charge in [0.05, 0.1) is 5.56 Å². The predicted molar refractivity (Wildman–Crippen MR) is 49.2 cm³/mol. The number of hydrogen-bond acceptors (Lipinski definition) is 4. The van der Waals surface area contributed by atoms with Crippen LogP contribution in [0.3, 0.4) is 0 Å². The molecule has 4 nitrogen and oxygen atoms in total. The first kappa shape index (κ1) is 14.3. The van der Waals surface area contributed by atoms with E-state index in [9.17, 15) is 26.7 Å². The molecule has 0 aliphatic rings. The Bertz CT molecular complexity index is 447. The Morgan fingerprint density at radius 2 is 2.06 bits per heavy atom. The Kier molecular flexibility index (Phi) is 4.17. The van der Waals surface area contributed by atoms with E-state index in [-0.39, 0.29) is 6.29 Å². The van der Waals surface area contributed by atoms with Crippen molar-refractivity contribution in [3.63, 3.8) is 0 Å². The first-order valence-electron chi connectivity index (χ1n) is 4.51. The highest BCUT2D eigenvalue weighted by atomic mass is 19.4. The molecule has 1 aromatic rings. The number of nitrogens with zero attached hydrogens (tertiary/aromatic N) is 1. The third-order valence-corrected chi connectivity index (χ3v) is 1.99. The topological polar surface area (TPSA) is 65.2 Å². The quantitative estimate of drug-likeness (QED) is 0.672. The largest absolute Gasteiger partial charge is 0.574 e. The van der Waals surface area contributed by atoms with Crippen molar-refractivity contribution >= 4 is 6.29 Å². The first-order chi connectivity index (χ1) is 8.30. The van der Waals surface area contributed by atoms with Crippen LogP contribution < -0.4 is 10.5 Å². The van der Waals surface area contributed by atoms with Gasteiger partial charge in [-0.25, -0.2) is 13.8 Å². The molecule has 0 radical (unpaired) electrons. The van der Waals surface area contributed by atoms with E-state index in [4.69, 9.17) is 5.73 Å². The van der Waals surface area contributed by atoms with Crippen LogP contribution >= 0.6 is 0 Å². The molecule has 0 saturated carbocycles. The maximum atomic E-state index is 12.5. The molecular formula is C9H7F5N2O2. The molecule has 100 valence electrons. The van der Waals surface area contributed by atoms with Gasteiger partial charge in [0, 0.05) is 18.3 Å². The number of nitrogens with two attached hydrogens (primary N) is 1. The molecule has 0 saturated heterocycles. The Balaban J connectivity index is 3.35. The van der Waals surface area contributed by atoms with Crippen LogP contribution in [0.5, 0.6) is 5.88 Å².